The number of benzene rings is 3. The van der Waals surface area contributed by atoms with Gasteiger partial charge in [-0.05, 0) is 35.4 Å². The molecule has 1 saturated heterocycles. The molecule has 2 heterocycles. The normalized spacial score (nSPS) is 13.7. The van der Waals surface area contributed by atoms with E-state index in [0.29, 0.717) is 11.7 Å². The zero-order valence-electron chi connectivity index (χ0n) is 18.8. The van der Waals surface area contributed by atoms with Gasteiger partial charge in [0.15, 0.2) is 0 Å². The lowest BCUT2D eigenvalue weighted by Crippen LogP contribution is -2.36. The molecular formula is C27H26N4O3. The maximum Gasteiger partial charge on any atom is 0.246 e. The minimum atomic E-state index is -0.419. The van der Waals surface area contributed by atoms with E-state index >= 15 is 0 Å². The van der Waals surface area contributed by atoms with Crippen molar-refractivity contribution in [1.29, 1.82) is 0 Å². The largest absolute Gasteiger partial charge is 0.378 e. The van der Waals surface area contributed by atoms with E-state index in [1.165, 1.54) is 0 Å². The van der Waals surface area contributed by atoms with Crippen molar-refractivity contribution in [2.45, 2.75) is 12.5 Å². The predicted octanol–water partition coefficient (Wildman–Crippen LogP) is 4.02. The SMILES string of the molecule is O=C(NCc1nc(-c2ccc(N3CCOCC3)cc2)no1)C(c1ccccc1)c1ccccc1. The molecule has 7 nitrogen and oxygen atoms in total. The highest BCUT2D eigenvalue weighted by atomic mass is 16.5. The Morgan fingerprint density at radius 1 is 0.882 bits per heavy atom. The molecule has 0 atom stereocenters. The van der Waals surface area contributed by atoms with Crippen molar-refractivity contribution in [2.75, 3.05) is 31.2 Å². The quantitative estimate of drug-likeness (QED) is 0.454. The Labute approximate surface area is 198 Å². The highest BCUT2D eigenvalue weighted by molar-refractivity contribution is 5.87. The smallest absolute Gasteiger partial charge is 0.246 e. The summed E-state index contributed by atoms with van der Waals surface area (Å²) < 4.78 is 10.8. The van der Waals surface area contributed by atoms with Crippen LogP contribution in [0.3, 0.4) is 0 Å². The topological polar surface area (TPSA) is 80.5 Å². The zero-order chi connectivity index (χ0) is 23.2. The van der Waals surface area contributed by atoms with Gasteiger partial charge in [0.1, 0.15) is 0 Å². The molecule has 0 unspecified atom stereocenters. The van der Waals surface area contributed by atoms with E-state index in [1.807, 2.05) is 72.8 Å². The first-order chi connectivity index (χ1) is 16.8. The number of ether oxygens (including phenoxy) is 1. The molecule has 172 valence electrons. The van der Waals surface area contributed by atoms with Gasteiger partial charge in [0.25, 0.3) is 0 Å². The average Bonchev–Trinajstić information content (AvgIpc) is 3.39. The van der Waals surface area contributed by atoms with E-state index in [0.717, 1.165) is 48.7 Å². The van der Waals surface area contributed by atoms with Crippen molar-refractivity contribution in [1.82, 2.24) is 15.5 Å². The van der Waals surface area contributed by atoms with Gasteiger partial charge in [-0.15, -0.1) is 0 Å². The van der Waals surface area contributed by atoms with Crippen LogP contribution in [0.5, 0.6) is 0 Å². The van der Waals surface area contributed by atoms with Crippen LogP contribution >= 0.6 is 0 Å². The van der Waals surface area contributed by atoms with Gasteiger partial charge in [-0.3, -0.25) is 4.79 Å². The Hall–Kier alpha value is -3.97. The molecule has 0 radical (unpaired) electrons. The number of nitrogens with one attached hydrogen (secondary N) is 1. The summed E-state index contributed by atoms with van der Waals surface area (Å²) in [4.78, 5) is 19.9. The van der Waals surface area contributed by atoms with Crippen molar-refractivity contribution >= 4 is 11.6 Å². The summed E-state index contributed by atoms with van der Waals surface area (Å²) >= 11 is 0. The van der Waals surface area contributed by atoms with Crippen LogP contribution in [0.4, 0.5) is 5.69 Å². The number of rotatable bonds is 7. The fourth-order valence-corrected chi connectivity index (χ4v) is 4.14. The van der Waals surface area contributed by atoms with Crippen molar-refractivity contribution in [2.24, 2.45) is 0 Å². The molecule has 0 bridgehead atoms. The van der Waals surface area contributed by atoms with E-state index < -0.39 is 5.92 Å². The molecule has 1 aliphatic heterocycles. The molecule has 3 aromatic carbocycles. The molecule has 1 aromatic heterocycles. The Balaban J connectivity index is 1.26. The van der Waals surface area contributed by atoms with Gasteiger partial charge < -0.3 is 19.5 Å². The van der Waals surface area contributed by atoms with Crippen LogP contribution in [0.15, 0.2) is 89.5 Å². The maximum atomic E-state index is 13.2. The van der Waals surface area contributed by atoms with Gasteiger partial charge in [-0.1, -0.05) is 65.8 Å². The Morgan fingerprint density at radius 2 is 1.50 bits per heavy atom. The first-order valence-corrected chi connectivity index (χ1v) is 11.4. The van der Waals surface area contributed by atoms with Crippen molar-refractivity contribution in [3.8, 4) is 11.4 Å². The van der Waals surface area contributed by atoms with Crippen LogP contribution in [-0.4, -0.2) is 42.4 Å². The first-order valence-electron chi connectivity index (χ1n) is 11.4. The summed E-state index contributed by atoms with van der Waals surface area (Å²) in [5.74, 6) is 0.325. The highest BCUT2D eigenvalue weighted by Crippen LogP contribution is 2.25. The molecule has 7 heteroatoms. The van der Waals surface area contributed by atoms with Crippen LogP contribution < -0.4 is 10.2 Å². The summed E-state index contributed by atoms with van der Waals surface area (Å²) in [5, 5.41) is 7.06. The number of amides is 1. The summed E-state index contributed by atoms with van der Waals surface area (Å²) in [6, 6.07) is 27.6. The molecule has 34 heavy (non-hydrogen) atoms. The molecule has 1 fully saturated rings. The zero-order valence-corrected chi connectivity index (χ0v) is 18.8. The maximum absolute atomic E-state index is 13.2. The van der Waals surface area contributed by atoms with Crippen molar-refractivity contribution < 1.29 is 14.1 Å². The van der Waals surface area contributed by atoms with Gasteiger partial charge in [0.2, 0.25) is 17.6 Å². The number of nitrogens with zero attached hydrogens (tertiary/aromatic N) is 3. The minimum absolute atomic E-state index is 0.119. The third-order valence-corrected chi connectivity index (χ3v) is 5.91. The van der Waals surface area contributed by atoms with Crippen LogP contribution in [-0.2, 0) is 16.1 Å². The summed E-state index contributed by atoms with van der Waals surface area (Å²) in [7, 11) is 0. The molecule has 0 aliphatic carbocycles. The third kappa shape index (κ3) is 5.00. The van der Waals surface area contributed by atoms with Crippen LogP contribution in [0, 0.1) is 0 Å². The van der Waals surface area contributed by atoms with E-state index in [-0.39, 0.29) is 12.5 Å². The van der Waals surface area contributed by atoms with Crippen molar-refractivity contribution in [3.05, 3.63) is 102 Å². The lowest BCUT2D eigenvalue weighted by Gasteiger charge is -2.28. The van der Waals surface area contributed by atoms with E-state index in [1.54, 1.807) is 0 Å². The number of morpholine rings is 1. The molecule has 0 spiro atoms. The molecule has 4 aromatic rings. The molecule has 5 rings (SSSR count). The standard InChI is InChI=1S/C27H26N4O3/c32-27(25(20-7-3-1-4-8-20)21-9-5-2-6-10-21)28-19-24-29-26(30-34-24)22-11-13-23(14-12-22)31-15-17-33-18-16-31/h1-14,25H,15-19H2,(H,28,32). The Kier molecular flexibility index (Phi) is 6.63. The van der Waals surface area contributed by atoms with Gasteiger partial charge >= 0.3 is 0 Å². The summed E-state index contributed by atoms with van der Waals surface area (Å²) in [5.41, 5.74) is 3.87. The predicted molar refractivity (Wildman–Crippen MR) is 129 cm³/mol. The van der Waals surface area contributed by atoms with Crippen LogP contribution in [0.2, 0.25) is 0 Å². The molecule has 1 aliphatic rings. The van der Waals surface area contributed by atoms with Crippen molar-refractivity contribution in [3.63, 3.8) is 0 Å². The van der Waals surface area contributed by atoms with Gasteiger partial charge in [-0.2, -0.15) is 4.98 Å². The second-order valence-corrected chi connectivity index (χ2v) is 8.13. The number of hydrogen-bond donors (Lipinski definition) is 1. The number of anilines is 1. The lowest BCUT2D eigenvalue weighted by atomic mass is 9.90. The van der Waals surface area contributed by atoms with Gasteiger partial charge in [-0.25, -0.2) is 0 Å². The van der Waals surface area contributed by atoms with Gasteiger partial charge in [0.05, 0.1) is 25.7 Å². The average molecular weight is 455 g/mol. The highest BCUT2D eigenvalue weighted by Gasteiger charge is 2.23. The van der Waals surface area contributed by atoms with Crippen LogP contribution in [0.1, 0.15) is 22.9 Å². The summed E-state index contributed by atoms with van der Waals surface area (Å²) in [6.45, 7) is 3.43. The van der Waals surface area contributed by atoms with Gasteiger partial charge in [0, 0.05) is 24.3 Å². The van der Waals surface area contributed by atoms with E-state index in [2.05, 4.69) is 32.5 Å². The van der Waals surface area contributed by atoms with E-state index in [9.17, 15) is 4.79 Å². The fraction of sp³-hybridized carbons (Fsp3) is 0.222. The Morgan fingerprint density at radius 3 is 2.12 bits per heavy atom. The number of aromatic nitrogens is 2. The molecule has 1 N–H and O–H groups in total. The third-order valence-electron chi connectivity index (χ3n) is 5.91. The number of carbonyl (C=O) groups is 1. The number of carbonyl (C=O) groups excluding carboxylic acids is 1. The number of hydrogen-bond acceptors (Lipinski definition) is 6. The Bertz CT molecular complexity index is 1160. The summed E-state index contributed by atoms with van der Waals surface area (Å²) in [6.07, 6.45) is 0. The molecular weight excluding hydrogens is 428 g/mol. The fourth-order valence-electron chi connectivity index (χ4n) is 4.14. The van der Waals surface area contributed by atoms with E-state index in [4.69, 9.17) is 9.26 Å². The monoisotopic (exact) mass is 454 g/mol. The second kappa shape index (κ2) is 10.3. The minimum Gasteiger partial charge on any atom is -0.378 e. The lowest BCUT2D eigenvalue weighted by molar-refractivity contribution is -0.122. The second-order valence-electron chi connectivity index (χ2n) is 8.13. The molecule has 0 saturated carbocycles. The van der Waals surface area contributed by atoms with Crippen LogP contribution in [0.25, 0.3) is 11.4 Å². The first kappa shape index (κ1) is 21.9. The molecule has 1 amide bonds.